The third-order valence-electron chi connectivity index (χ3n) is 3.66. The van der Waals surface area contributed by atoms with Crippen LogP contribution in [0.15, 0.2) is 15.1 Å². The smallest absolute Gasteiger partial charge is 0.249 e. The van der Waals surface area contributed by atoms with Crippen molar-refractivity contribution in [1.82, 2.24) is 20.6 Å². The fraction of sp³-hybridized carbons (Fsp3) is 0.600. The number of amides is 1. The van der Waals surface area contributed by atoms with Gasteiger partial charge in [-0.2, -0.15) is 4.98 Å². The quantitative estimate of drug-likeness (QED) is 0.880. The molecular formula is C15H20N4O3. The molecule has 3 rings (SSSR count). The highest BCUT2D eigenvalue weighted by atomic mass is 16.5. The highest BCUT2D eigenvalue weighted by Gasteiger charge is 2.31. The first-order valence-corrected chi connectivity index (χ1v) is 7.58. The summed E-state index contributed by atoms with van der Waals surface area (Å²) in [5.74, 6) is 2.19. The number of hydrogen-bond acceptors (Lipinski definition) is 6. The third kappa shape index (κ3) is 3.35. The van der Waals surface area contributed by atoms with E-state index >= 15 is 0 Å². The Morgan fingerprint density at radius 1 is 1.36 bits per heavy atom. The normalized spacial score (nSPS) is 16.0. The van der Waals surface area contributed by atoms with E-state index in [0.29, 0.717) is 17.6 Å². The van der Waals surface area contributed by atoms with Crippen molar-refractivity contribution in [2.75, 3.05) is 0 Å². The molecule has 1 aliphatic rings. The van der Waals surface area contributed by atoms with E-state index in [2.05, 4.69) is 20.6 Å². The summed E-state index contributed by atoms with van der Waals surface area (Å²) in [4.78, 5) is 16.6. The number of carbonyl (C=O) groups excluding carboxylic acids is 1. The van der Waals surface area contributed by atoms with Gasteiger partial charge in [0.1, 0.15) is 11.8 Å². The molecule has 0 aromatic carbocycles. The molecule has 0 saturated heterocycles. The zero-order valence-corrected chi connectivity index (χ0v) is 13.0. The van der Waals surface area contributed by atoms with Crippen LogP contribution in [-0.2, 0) is 11.2 Å². The average molecular weight is 304 g/mol. The molecule has 118 valence electrons. The van der Waals surface area contributed by atoms with Gasteiger partial charge in [0.05, 0.1) is 12.1 Å². The van der Waals surface area contributed by atoms with Gasteiger partial charge in [0.15, 0.2) is 5.82 Å². The molecule has 0 bridgehead atoms. The van der Waals surface area contributed by atoms with Crippen LogP contribution in [0.4, 0.5) is 0 Å². The lowest BCUT2D eigenvalue weighted by Gasteiger charge is -2.18. The molecule has 2 heterocycles. The summed E-state index contributed by atoms with van der Waals surface area (Å²) in [6.45, 7) is 5.83. The van der Waals surface area contributed by atoms with E-state index in [-0.39, 0.29) is 24.3 Å². The molecule has 1 amide bonds. The van der Waals surface area contributed by atoms with E-state index in [1.165, 1.54) is 0 Å². The standard InChI is InChI=1S/C15H20N4O3/c1-8(2)13(15-17-14(19-22-15)10-4-5-10)16-12(20)7-11-6-9(3)18-21-11/h6,8,10,13H,4-5,7H2,1-3H3,(H,16,20). The minimum absolute atomic E-state index is 0.146. The van der Waals surface area contributed by atoms with Gasteiger partial charge in [0.25, 0.3) is 0 Å². The lowest BCUT2D eigenvalue weighted by Crippen LogP contribution is -2.33. The van der Waals surface area contributed by atoms with Crippen molar-refractivity contribution in [3.8, 4) is 0 Å². The van der Waals surface area contributed by atoms with Gasteiger partial charge < -0.3 is 14.4 Å². The molecule has 2 aromatic rings. The molecule has 1 atom stereocenters. The van der Waals surface area contributed by atoms with Crippen LogP contribution in [0.25, 0.3) is 0 Å². The van der Waals surface area contributed by atoms with Crippen molar-refractivity contribution in [3.63, 3.8) is 0 Å². The van der Waals surface area contributed by atoms with Crippen molar-refractivity contribution in [1.29, 1.82) is 0 Å². The molecule has 0 spiro atoms. The second-order valence-electron chi connectivity index (χ2n) is 6.17. The maximum Gasteiger partial charge on any atom is 0.249 e. The summed E-state index contributed by atoms with van der Waals surface area (Å²) >= 11 is 0. The largest absolute Gasteiger partial charge is 0.361 e. The van der Waals surface area contributed by atoms with Crippen LogP contribution in [0, 0.1) is 12.8 Å². The minimum atomic E-state index is -0.295. The predicted octanol–water partition coefficient (Wildman–Crippen LogP) is 2.30. The van der Waals surface area contributed by atoms with Crippen molar-refractivity contribution in [2.45, 2.75) is 52.0 Å². The molecule has 0 radical (unpaired) electrons. The summed E-state index contributed by atoms with van der Waals surface area (Å²) in [6.07, 6.45) is 2.37. The molecular weight excluding hydrogens is 284 g/mol. The van der Waals surface area contributed by atoms with Gasteiger partial charge in [0, 0.05) is 12.0 Å². The van der Waals surface area contributed by atoms with Crippen molar-refractivity contribution < 1.29 is 13.8 Å². The van der Waals surface area contributed by atoms with Crippen LogP contribution in [0.3, 0.4) is 0 Å². The summed E-state index contributed by atoms with van der Waals surface area (Å²) < 4.78 is 10.4. The van der Waals surface area contributed by atoms with Crippen LogP contribution in [0.1, 0.15) is 61.8 Å². The zero-order valence-electron chi connectivity index (χ0n) is 13.0. The molecule has 1 aliphatic carbocycles. The summed E-state index contributed by atoms with van der Waals surface area (Å²) in [7, 11) is 0. The first kappa shape index (κ1) is 14.7. The first-order valence-electron chi connectivity index (χ1n) is 7.58. The lowest BCUT2D eigenvalue weighted by atomic mass is 10.0. The second-order valence-corrected chi connectivity index (χ2v) is 6.17. The predicted molar refractivity (Wildman–Crippen MR) is 76.9 cm³/mol. The average Bonchev–Trinajstić information content (AvgIpc) is 3.06. The summed E-state index contributed by atoms with van der Waals surface area (Å²) in [6, 6.07) is 1.46. The second kappa shape index (κ2) is 5.90. The van der Waals surface area contributed by atoms with Crippen molar-refractivity contribution in [3.05, 3.63) is 29.2 Å². The summed E-state index contributed by atoms with van der Waals surface area (Å²) in [5, 5.41) is 10.7. The Morgan fingerprint density at radius 3 is 2.73 bits per heavy atom. The number of aromatic nitrogens is 3. The molecule has 1 saturated carbocycles. The Bertz CT molecular complexity index is 657. The van der Waals surface area contributed by atoms with Gasteiger partial charge in [-0.05, 0) is 25.7 Å². The molecule has 7 heteroatoms. The van der Waals surface area contributed by atoms with E-state index < -0.39 is 0 Å². The first-order chi connectivity index (χ1) is 10.5. The van der Waals surface area contributed by atoms with E-state index in [1.807, 2.05) is 20.8 Å². The van der Waals surface area contributed by atoms with E-state index in [4.69, 9.17) is 9.05 Å². The fourth-order valence-corrected chi connectivity index (χ4v) is 2.28. The molecule has 22 heavy (non-hydrogen) atoms. The Morgan fingerprint density at radius 2 is 2.14 bits per heavy atom. The van der Waals surface area contributed by atoms with Gasteiger partial charge >= 0.3 is 0 Å². The van der Waals surface area contributed by atoms with E-state index in [1.54, 1.807) is 6.07 Å². The van der Waals surface area contributed by atoms with Crippen LogP contribution in [0.5, 0.6) is 0 Å². The Labute approximate surface area is 128 Å². The summed E-state index contributed by atoms with van der Waals surface area (Å²) in [5.41, 5.74) is 0.759. The number of rotatable bonds is 6. The Balaban J connectivity index is 1.66. The van der Waals surface area contributed by atoms with Gasteiger partial charge in [-0.25, -0.2) is 0 Å². The maximum atomic E-state index is 12.2. The molecule has 7 nitrogen and oxygen atoms in total. The molecule has 0 aliphatic heterocycles. The van der Waals surface area contributed by atoms with Gasteiger partial charge in [-0.3, -0.25) is 4.79 Å². The molecule has 1 N–H and O–H groups in total. The number of hydrogen-bond donors (Lipinski definition) is 1. The molecule has 2 aromatic heterocycles. The van der Waals surface area contributed by atoms with Crippen molar-refractivity contribution >= 4 is 5.91 Å². The number of nitrogens with one attached hydrogen (secondary N) is 1. The zero-order chi connectivity index (χ0) is 15.7. The lowest BCUT2D eigenvalue weighted by molar-refractivity contribution is -0.122. The number of nitrogens with zero attached hydrogens (tertiary/aromatic N) is 3. The third-order valence-corrected chi connectivity index (χ3v) is 3.66. The van der Waals surface area contributed by atoms with Crippen molar-refractivity contribution in [2.24, 2.45) is 5.92 Å². The van der Waals surface area contributed by atoms with Crippen LogP contribution >= 0.6 is 0 Å². The van der Waals surface area contributed by atoms with Gasteiger partial charge in [0.2, 0.25) is 11.8 Å². The van der Waals surface area contributed by atoms with Gasteiger partial charge in [-0.1, -0.05) is 24.2 Å². The monoisotopic (exact) mass is 304 g/mol. The maximum absolute atomic E-state index is 12.2. The van der Waals surface area contributed by atoms with E-state index in [9.17, 15) is 4.79 Å². The fourth-order valence-electron chi connectivity index (χ4n) is 2.28. The SMILES string of the molecule is Cc1cc(CC(=O)NC(c2nc(C3CC3)no2)C(C)C)on1. The van der Waals surface area contributed by atoms with Gasteiger partial charge in [-0.15, -0.1) is 0 Å². The Hall–Kier alpha value is -2.18. The number of aryl methyl sites for hydroxylation is 1. The van der Waals surface area contributed by atoms with Crippen LogP contribution in [0.2, 0.25) is 0 Å². The topological polar surface area (TPSA) is 94.1 Å². The minimum Gasteiger partial charge on any atom is -0.361 e. The molecule has 1 unspecified atom stereocenters. The highest BCUT2D eigenvalue weighted by molar-refractivity contribution is 5.78. The number of carbonyl (C=O) groups is 1. The van der Waals surface area contributed by atoms with Crippen LogP contribution < -0.4 is 5.32 Å². The Kier molecular flexibility index (Phi) is 3.96. The molecule has 1 fully saturated rings. The van der Waals surface area contributed by atoms with Crippen LogP contribution in [-0.4, -0.2) is 21.2 Å². The van der Waals surface area contributed by atoms with E-state index in [0.717, 1.165) is 24.4 Å². The highest BCUT2D eigenvalue weighted by Crippen LogP contribution is 2.38.